The van der Waals surface area contributed by atoms with Crippen LogP contribution in [0.2, 0.25) is 0 Å². The first kappa shape index (κ1) is 21.9. The minimum absolute atomic E-state index is 0.0651. The predicted molar refractivity (Wildman–Crippen MR) is 110 cm³/mol. The van der Waals surface area contributed by atoms with Crippen molar-refractivity contribution in [2.75, 3.05) is 0 Å². The fraction of sp³-hybridized carbons (Fsp3) is 0.636. The van der Waals surface area contributed by atoms with Gasteiger partial charge in [-0.1, -0.05) is 57.7 Å². The lowest BCUT2D eigenvalue weighted by Gasteiger charge is -2.30. The first-order chi connectivity index (χ1) is 12.6. The Kier molecular flexibility index (Phi) is 7.08. The standard InChI is InChI=1S/C22H33O4P/c1-14(2)18(6)21(23)26-27(25,19-10-8-7-9-11-19)22(24)20-16(4)12-15(3)13-17(20)5/h12-14,18-19H,7-11H2,1-6H3. The van der Waals surface area contributed by atoms with Gasteiger partial charge in [-0.2, -0.15) is 0 Å². The molecule has 0 spiro atoms. The highest BCUT2D eigenvalue weighted by Gasteiger charge is 2.46. The molecule has 5 heteroatoms. The SMILES string of the molecule is Cc1cc(C)c(C(=O)P(=O)(OC(=O)C(C)C(C)C)C2CCCCC2)c(C)c1. The second kappa shape index (κ2) is 8.73. The zero-order valence-corrected chi connectivity index (χ0v) is 18.4. The number of benzene rings is 1. The van der Waals surface area contributed by atoms with Crippen molar-refractivity contribution in [1.29, 1.82) is 0 Å². The lowest BCUT2D eigenvalue weighted by Crippen LogP contribution is -2.26. The molecule has 1 aliphatic rings. The molecule has 0 saturated heterocycles. The van der Waals surface area contributed by atoms with E-state index in [1.807, 2.05) is 46.8 Å². The van der Waals surface area contributed by atoms with Gasteiger partial charge in [0.25, 0.3) is 5.52 Å². The normalized spacial score (nSPS) is 18.8. The van der Waals surface area contributed by atoms with Crippen molar-refractivity contribution in [3.8, 4) is 0 Å². The van der Waals surface area contributed by atoms with Crippen molar-refractivity contribution in [1.82, 2.24) is 0 Å². The lowest BCUT2D eigenvalue weighted by molar-refractivity contribution is -0.139. The second-order valence-corrected chi connectivity index (χ2v) is 10.9. The average molecular weight is 392 g/mol. The van der Waals surface area contributed by atoms with E-state index in [0.29, 0.717) is 18.4 Å². The summed E-state index contributed by atoms with van der Waals surface area (Å²) in [5, 5.41) is 0. The number of hydrogen-bond donors (Lipinski definition) is 0. The second-order valence-electron chi connectivity index (χ2n) is 8.41. The fourth-order valence-corrected chi connectivity index (χ4v) is 6.57. The molecule has 1 aliphatic carbocycles. The van der Waals surface area contributed by atoms with Crippen LogP contribution in [0.25, 0.3) is 0 Å². The lowest BCUT2D eigenvalue weighted by atomic mass is 9.99. The monoisotopic (exact) mass is 392 g/mol. The first-order valence-electron chi connectivity index (χ1n) is 10.0. The summed E-state index contributed by atoms with van der Waals surface area (Å²) in [6.07, 6.45) is 4.27. The van der Waals surface area contributed by atoms with Gasteiger partial charge in [-0.05, 0) is 50.7 Å². The smallest absolute Gasteiger partial charge is 0.321 e. The van der Waals surface area contributed by atoms with Gasteiger partial charge < -0.3 is 4.52 Å². The number of aryl methyl sites for hydroxylation is 3. The van der Waals surface area contributed by atoms with Gasteiger partial charge in [-0.25, -0.2) is 0 Å². The number of rotatable bonds is 6. The quantitative estimate of drug-likeness (QED) is 0.541. The summed E-state index contributed by atoms with van der Waals surface area (Å²) < 4.78 is 19.6. The highest BCUT2D eigenvalue weighted by atomic mass is 31.2. The summed E-state index contributed by atoms with van der Waals surface area (Å²) in [5.41, 5.74) is 2.26. The molecule has 0 heterocycles. The third-order valence-electron chi connectivity index (χ3n) is 5.83. The molecule has 1 saturated carbocycles. The van der Waals surface area contributed by atoms with E-state index in [0.717, 1.165) is 36.0 Å². The van der Waals surface area contributed by atoms with Crippen LogP contribution in [0.3, 0.4) is 0 Å². The van der Waals surface area contributed by atoms with Crippen molar-refractivity contribution < 1.29 is 18.7 Å². The van der Waals surface area contributed by atoms with E-state index in [1.165, 1.54) is 0 Å². The Morgan fingerprint density at radius 1 is 1.00 bits per heavy atom. The van der Waals surface area contributed by atoms with Gasteiger partial charge in [0.2, 0.25) is 0 Å². The Morgan fingerprint density at radius 2 is 1.52 bits per heavy atom. The topological polar surface area (TPSA) is 60.4 Å². The highest BCUT2D eigenvalue weighted by Crippen LogP contribution is 2.59. The van der Waals surface area contributed by atoms with Gasteiger partial charge >= 0.3 is 13.3 Å². The van der Waals surface area contributed by atoms with Crippen molar-refractivity contribution >= 4 is 18.9 Å². The molecule has 2 rings (SSSR count). The molecule has 0 amide bonds. The van der Waals surface area contributed by atoms with Gasteiger partial charge in [-0.15, -0.1) is 0 Å². The molecule has 27 heavy (non-hydrogen) atoms. The summed E-state index contributed by atoms with van der Waals surface area (Å²) in [6.45, 7) is 11.3. The highest BCUT2D eigenvalue weighted by molar-refractivity contribution is 7.78. The molecule has 2 atom stereocenters. The maximum Gasteiger partial charge on any atom is 0.321 e. The summed E-state index contributed by atoms with van der Waals surface area (Å²) in [7, 11) is -3.81. The van der Waals surface area contributed by atoms with E-state index >= 15 is 0 Å². The molecule has 0 bridgehead atoms. The van der Waals surface area contributed by atoms with E-state index in [-0.39, 0.29) is 11.6 Å². The molecule has 0 aliphatic heterocycles. The molecule has 4 nitrogen and oxygen atoms in total. The first-order valence-corrected chi connectivity index (χ1v) is 11.7. The molecular formula is C22H33O4P. The van der Waals surface area contributed by atoms with Gasteiger partial charge in [0, 0.05) is 5.56 Å². The summed E-state index contributed by atoms with van der Waals surface area (Å²) in [5.74, 6) is -0.847. The minimum atomic E-state index is -3.81. The van der Waals surface area contributed by atoms with Gasteiger partial charge in [0.1, 0.15) is 0 Å². The number of hydrogen-bond acceptors (Lipinski definition) is 4. The van der Waals surface area contributed by atoms with E-state index in [1.54, 1.807) is 6.92 Å². The molecule has 0 aromatic heterocycles. The van der Waals surface area contributed by atoms with Gasteiger partial charge in [-0.3, -0.25) is 14.2 Å². The minimum Gasteiger partial charge on any atom is -0.405 e. The Bertz CT molecular complexity index is 737. The average Bonchev–Trinajstić information content (AvgIpc) is 2.60. The summed E-state index contributed by atoms with van der Waals surface area (Å²) in [4.78, 5) is 26.2. The Hall–Kier alpha value is -1.41. The van der Waals surface area contributed by atoms with Crippen molar-refractivity contribution in [2.45, 2.75) is 79.3 Å². The van der Waals surface area contributed by atoms with Crippen LogP contribution in [0.1, 0.15) is 79.9 Å². The third kappa shape index (κ3) is 4.71. The van der Waals surface area contributed by atoms with Crippen molar-refractivity contribution in [3.63, 3.8) is 0 Å². The number of carbonyl (C=O) groups is 2. The number of carbonyl (C=O) groups excluding carboxylic acids is 2. The van der Waals surface area contributed by atoms with Crippen LogP contribution in [-0.2, 0) is 13.9 Å². The molecule has 0 N–H and O–H groups in total. The van der Waals surface area contributed by atoms with Crippen LogP contribution < -0.4 is 0 Å². The van der Waals surface area contributed by atoms with Crippen molar-refractivity contribution in [2.24, 2.45) is 11.8 Å². The molecule has 1 aromatic carbocycles. The molecule has 2 unspecified atom stereocenters. The van der Waals surface area contributed by atoms with Crippen LogP contribution in [0.15, 0.2) is 12.1 Å². The summed E-state index contributed by atoms with van der Waals surface area (Å²) in [6, 6.07) is 3.84. The Balaban J connectivity index is 2.48. The molecule has 1 fully saturated rings. The maximum atomic E-state index is 14.0. The Morgan fingerprint density at radius 3 is 2.00 bits per heavy atom. The van der Waals surface area contributed by atoms with Crippen LogP contribution in [0.5, 0.6) is 0 Å². The molecule has 0 radical (unpaired) electrons. The molecular weight excluding hydrogens is 359 g/mol. The van der Waals surface area contributed by atoms with Crippen LogP contribution in [-0.4, -0.2) is 17.2 Å². The van der Waals surface area contributed by atoms with E-state index in [4.69, 9.17) is 4.52 Å². The van der Waals surface area contributed by atoms with Crippen LogP contribution >= 0.6 is 7.37 Å². The maximum absolute atomic E-state index is 14.0. The van der Waals surface area contributed by atoms with E-state index in [9.17, 15) is 14.2 Å². The largest absolute Gasteiger partial charge is 0.405 e. The Labute approximate surface area is 163 Å². The zero-order valence-electron chi connectivity index (χ0n) is 17.5. The van der Waals surface area contributed by atoms with E-state index < -0.39 is 24.8 Å². The predicted octanol–water partition coefficient (Wildman–Crippen LogP) is 6.20. The van der Waals surface area contributed by atoms with Gasteiger partial charge in [0.05, 0.1) is 11.6 Å². The third-order valence-corrected chi connectivity index (χ3v) is 8.55. The van der Waals surface area contributed by atoms with Crippen LogP contribution in [0.4, 0.5) is 0 Å². The fourth-order valence-electron chi connectivity index (χ4n) is 3.86. The molecule has 1 aromatic rings. The zero-order chi connectivity index (χ0) is 20.4. The summed E-state index contributed by atoms with van der Waals surface area (Å²) >= 11 is 0. The molecule has 150 valence electrons. The van der Waals surface area contributed by atoms with E-state index in [2.05, 4.69) is 0 Å². The van der Waals surface area contributed by atoms with Crippen molar-refractivity contribution in [3.05, 3.63) is 34.4 Å². The van der Waals surface area contributed by atoms with Gasteiger partial charge in [0.15, 0.2) is 0 Å². The van der Waals surface area contributed by atoms with Crippen LogP contribution in [0, 0.1) is 32.6 Å².